The topological polar surface area (TPSA) is 80.0 Å². The molecule has 0 aliphatic rings. The largest absolute Gasteiger partial charge is 0.508 e. The summed E-state index contributed by atoms with van der Waals surface area (Å²) in [6.07, 6.45) is 0.568. The van der Waals surface area contributed by atoms with Crippen LogP contribution in [-0.4, -0.2) is 26.0 Å². The molecule has 0 fully saturated rings. The zero-order valence-corrected chi connectivity index (χ0v) is 12.7. The van der Waals surface area contributed by atoms with Crippen molar-refractivity contribution in [3.05, 3.63) is 35.5 Å². The van der Waals surface area contributed by atoms with E-state index in [1.807, 2.05) is 32.9 Å². The summed E-state index contributed by atoms with van der Waals surface area (Å²) in [5, 5.41) is 19.9. The van der Waals surface area contributed by atoms with Gasteiger partial charge in [-0.1, -0.05) is 31.2 Å². The molecule has 0 spiro atoms. The van der Waals surface area contributed by atoms with Gasteiger partial charge in [0.05, 0.1) is 5.69 Å². The summed E-state index contributed by atoms with van der Waals surface area (Å²) in [4.78, 5) is 12.4. The molecule has 2 N–H and O–H groups in total. The molecule has 1 aromatic heterocycles. The second-order valence-electron chi connectivity index (χ2n) is 5.83. The van der Waals surface area contributed by atoms with E-state index in [0.717, 1.165) is 11.3 Å². The lowest BCUT2D eigenvalue weighted by Gasteiger charge is -2.23. The summed E-state index contributed by atoms with van der Waals surface area (Å²) in [7, 11) is 1.78. The van der Waals surface area contributed by atoms with Crippen molar-refractivity contribution in [2.24, 2.45) is 12.5 Å². The summed E-state index contributed by atoms with van der Waals surface area (Å²) in [6.45, 7) is 5.60. The van der Waals surface area contributed by atoms with E-state index in [0.29, 0.717) is 12.2 Å². The van der Waals surface area contributed by atoms with E-state index in [4.69, 9.17) is 0 Å². The van der Waals surface area contributed by atoms with Gasteiger partial charge in [-0.05, 0) is 31.0 Å². The third-order valence-electron chi connectivity index (χ3n) is 3.54. The molecule has 2 aromatic rings. The molecule has 6 nitrogen and oxygen atoms in total. The first-order valence-electron chi connectivity index (χ1n) is 6.75. The van der Waals surface area contributed by atoms with Crippen LogP contribution in [0.2, 0.25) is 0 Å². The maximum absolute atomic E-state index is 12.4. The number of aromatic nitrogens is 3. The van der Waals surface area contributed by atoms with Gasteiger partial charge >= 0.3 is 0 Å². The predicted octanol–water partition coefficient (Wildman–Crippen LogP) is 2.04. The molecule has 2 rings (SSSR count). The lowest BCUT2D eigenvalue weighted by molar-refractivity contribution is -0.123. The van der Waals surface area contributed by atoms with Crippen LogP contribution in [0.3, 0.4) is 0 Å². The molecule has 0 atom stereocenters. The van der Waals surface area contributed by atoms with Crippen LogP contribution in [0.1, 0.15) is 25.1 Å². The number of phenolic OH excluding ortho intramolecular Hbond substituents is 1. The standard InChI is InChI=1S/C15H20N4O2/c1-10-13(17-18-19(10)4)16-14(21)15(2,3)9-11-5-7-12(20)8-6-11/h5-8,20H,9H2,1-4H3,(H,16,21). The lowest BCUT2D eigenvalue weighted by Crippen LogP contribution is -2.33. The molecule has 0 aliphatic carbocycles. The first-order valence-corrected chi connectivity index (χ1v) is 6.75. The smallest absolute Gasteiger partial charge is 0.231 e. The fourth-order valence-electron chi connectivity index (χ4n) is 2.00. The highest BCUT2D eigenvalue weighted by atomic mass is 16.3. The van der Waals surface area contributed by atoms with Gasteiger partial charge in [0.2, 0.25) is 5.91 Å². The molecule has 1 heterocycles. The monoisotopic (exact) mass is 288 g/mol. The number of anilines is 1. The Bertz CT molecular complexity index is 644. The Kier molecular flexibility index (Phi) is 3.97. The van der Waals surface area contributed by atoms with Gasteiger partial charge in [-0.3, -0.25) is 9.48 Å². The van der Waals surface area contributed by atoms with Gasteiger partial charge < -0.3 is 10.4 Å². The van der Waals surface area contributed by atoms with Gasteiger partial charge in [0.25, 0.3) is 0 Å². The van der Waals surface area contributed by atoms with Crippen molar-refractivity contribution in [1.82, 2.24) is 15.0 Å². The number of nitrogens with zero attached hydrogens (tertiary/aromatic N) is 3. The van der Waals surface area contributed by atoms with Crippen LogP contribution in [0.4, 0.5) is 5.82 Å². The van der Waals surface area contributed by atoms with E-state index >= 15 is 0 Å². The fourth-order valence-corrected chi connectivity index (χ4v) is 2.00. The quantitative estimate of drug-likeness (QED) is 0.902. The zero-order chi connectivity index (χ0) is 15.6. The van der Waals surface area contributed by atoms with Gasteiger partial charge in [0.1, 0.15) is 5.75 Å². The van der Waals surface area contributed by atoms with E-state index in [-0.39, 0.29) is 11.7 Å². The number of hydrogen-bond donors (Lipinski definition) is 2. The molecule has 21 heavy (non-hydrogen) atoms. The van der Waals surface area contributed by atoms with Crippen molar-refractivity contribution >= 4 is 11.7 Å². The molecule has 0 radical (unpaired) electrons. The summed E-state index contributed by atoms with van der Waals surface area (Å²) in [6, 6.07) is 6.88. The Morgan fingerprint density at radius 2 is 1.95 bits per heavy atom. The molecule has 6 heteroatoms. The first kappa shape index (κ1) is 15.0. The SMILES string of the molecule is Cc1c(NC(=O)C(C)(C)Cc2ccc(O)cc2)nnn1C. The number of aromatic hydroxyl groups is 1. The highest BCUT2D eigenvalue weighted by Crippen LogP contribution is 2.25. The van der Waals surface area contributed by atoms with Crippen molar-refractivity contribution < 1.29 is 9.90 Å². The molecular formula is C15H20N4O2. The average Bonchev–Trinajstić information content (AvgIpc) is 2.73. The number of hydrogen-bond acceptors (Lipinski definition) is 4. The van der Waals surface area contributed by atoms with Crippen molar-refractivity contribution in [3.63, 3.8) is 0 Å². The summed E-state index contributed by atoms with van der Waals surface area (Å²) in [5.41, 5.74) is 1.20. The maximum atomic E-state index is 12.4. The zero-order valence-electron chi connectivity index (χ0n) is 12.7. The Hall–Kier alpha value is -2.37. The number of nitrogens with one attached hydrogen (secondary N) is 1. The Balaban J connectivity index is 2.09. The van der Waals surface area contributed by atoms with Crippen molar-refractivity contribution in [3.8, 4) is 5.75 Å². The van der Waals surface area contributed by atoms with Gasteiger partial charge in [0.15, 0.2) is 5.82 Å². The van der Waals surface area contributed by atoms with Crippen LogP contribution in [0.25, 0.3) is 0 Å². The van der Waals surface area contributed by atoms with Crippen LogP contribution < -0.4 is 5.32 Å². The Labute approximate surface area is 123 Å². The number of phenols is 1. The van der Waals surface area contributed by atoms with Crippen LogP contribution in [0, 0.1) is 12.3 Å². The highest BCUT2D eigenvalue weighted by molar-refractivity contribution is 5.94. The third kappa shape index (κ3) is 3.39. The third-order valence-corrected chi connectivity index (χ3v) is 3.54. The second-order valence-corrected chi connectivity index (χ2v) is 5.83. The van der Waals surface area contributed by atoms with Crippen LogP contribution in [0.5, 0.6) is 5.75 Å². The maximum Gasteiger partial charge on any atom is 0.231 e. The second kappa shape index (κ2) is 5.55. The van der Waals surface area contributed by atoms with E-state index < -0.39 is 5.41 Å². The van der Waals surface area contributed by atoms with Gasteiger partial charge in [-0.2, -0.15) is 0 Å². The summed E-state index contributed by atoms with van der Waals surface area (Å²) >= 11 is 0. The number of aryl methyl sites for hydroxylation is 1. The van der Waals surface area contributed by atoms with Gasteiger partial charge in [0, 0.05) is 12.5 Å². The molecule has 0 saturated carbocycles. The van der Waals surface area contributed by atoms with Gasteiger partial charge in [-0.25, -0.2) is 0 Å². The minimum atomic E-state index is -0.596. The van der Waals surface area contributed by atoms with E-state index in [1.54, 1.807) is 23.9 Å². The van der Waals surface area contributed by atoms with E-state index in [1.165, 1.54) is 0 Å². The van der Waals surface area contributed by atoms with Crippen molar-refractivity contribution in [2.45, 2.75) is 27.2 Å². The number of carbonyl (C=O) groups excluding carboxylic acids is 1. The molecule has 0 aliphatic heterocycles. The van der Waals surface area contributed by atoms with Gasteiger partial charge in [-0.15, -0.1) is 5.10 Å². The van der Waals surface area contributed by atoms with Crippen LogP contribution in [0.15, 0.2) is 24.3 Å². The first-order chi connectivity index (χ1) is 9.79. The van der Waals surface area contributed by atoms with Crippen molar-refractivity contribution in [1.29, 1.82) is 0 Å². The average molecular weight is 288 g/mol. The molecule has 0 bridgehead atoms. The van der Waals surface area contributed by atoms with E-state index in [2.05, 4.69) is 15.6 Å². The molecule has 1 aromatic carbocycles. The number of benzene rings is 1. The van der Waals surface area contributed by atoms with Crippen LogP contribution >= 0.6 is 0 Å². The fraction of sp³-hybridized carbons (Fsp3) is 0.400. The van der Waals surface area contributed by atoms with Crippen molar-refractivity contribution in [2.75, 3.05) is 5.32 Å². The minimum absolute atomic E-state index is 0.112. The molecule has 0 saturated heterocycles. The molecular weight excluding hydrogens is 268 g/mol. The number of rotatable bonds is 4. The Morgan fingerprint density at radius 3 is 2.48 bits per heavy atom. The van der Waals surface area contributed by atoms with Crippen LogP contribution in [-0.2, 0) is 18.3 Å². The highest BCUT2D eigenvalue weighted by Gasteiger charge is 2.29. The molecule has 1 amide bonds. The van der Waals surface area contributed by atoms with E-state index in [9.17, 15) is 9.90 Å². The summed E-state index contributed by atoms with van der Waals surface area (Å²) in [5.74, 6) is 0.594. The molecule has 112 valence electrons. The predicted molar refractivity (Wildman–Crippen MR) is 80.0 cm³/mol. The normalized spacial score (nSPS) is 11.4. The number of carbonyl (C=O) groups is 1. The minimum Gasteiger partial charge on any atom is -0.508 e. The molecule has 0 unspecified atom stereocenters. The summed E-state index contributed by atoms with van der Waals surface area (Å²) < 4.78 is 1.61. The number of amides is 1. The lowest BCUT2D eigenvalue weighted by atomic mass is 9.85. The Morgan fingerprint density at radius 1 is 1.33 bits per heavy atom.